The fourth-order valence-corrected chi connectivity index (χ4v) is 4.53. The number of para-hydroxylation sites is 1. The number of nitrogens with one attached hydrogen (secondary N) is 1. The van der Waals surface area contributed by atoms with E-state index in [1.165, 1.54) is 6.07 Å². The van der Waals surface area contributed by atoms with Gasteiger partial charge in [0.2, 0.25) is 5.91 Å². The number of hydrogen-bond donors (Lipinski definition) is 1. The van der Waals surface area contributed by atoms with E-state index in [2.05, 4.69) is 10.2 Å². The second-order valence-corrected chi connectivity index (χ2v) is 8.66. The zero-order chi connectivity index (χ0) is 24.2. The third kappa shape index (κ3) is 5.78. The van der Waals surface area contributed by atoms with Gasteiger partial charge in [-0.25, -0.2) is 9.18 Å². The van der Waals surface area contributed by atoms with Crippen molar-refractivity contribution in [3.63, 3.8) is 0 Å². The first-order valence-electron chi connectivity index (χ1n) is 11.7. The van der Waals surface area contributed by atoms with Crippen LogP contribution in [0.2, 0.25) is 0 Å². The van der Waals surface area contributed by atoms with Crippen molar-refractivity contribution in [3.8, 4) is 11.5 Å². The van der Waals surface area contributed by atoms with E-state index in [1.807, 2.05) is 42.5 Å². The maximum atomic E-state index is 14.2. The summed E-state index contributed by atoms with van der Waals surface area (Å²) in [7, 11) is 0. The van der Waals surface area contributed by atoms with Crippen LogP contribution >= 0.6 is 12.4 Å². The number of anilines is 2. The van der Waals surface area contributed by atoms with Gasteiger partial charge in [-0.05, 0) is 61.4 Å². The van der Waals surface area contributed by atoms with E-state index in [0.717, 1.165) is 5.75 Å². The van der Waals surface area contributed by atoms with E-state index in [0.29, 0.717) is 48.6 Å². The Morgan fingerprint density at radius 2 is 1.67 bits per heavy atom. The lowest BCUT2D eigenvalue weighted by molar-refractivity contribution is -0.117. The van der Waals surface area contributed by atoms with Crippen LogP contribution < -0.4 is 15.0 Å². The molecule has 2 aliphatic rings. The summed E-state index contributed by atoms with van der Waals surface area (Å²) in [6.07, 6.45) is 0.896. The van der Waals surface area contributed by atoms with Gasteiger partial charge in [-0.1, -0.05) is 24.3 Å². The lowest BCUT2D eigenvalue weighted by Gasteiger charge is -2.40. The van der Waals surface area contributed by atoms with Crippen molar-refractivity contribution < 1.29 is 23.5 Å². The lowest BCUT2D eigenvalue weighted by atomic mass is 10.0. The highest BCUT2D eigenvalue weighted by molar-refractivity contribution is 5.92. The Morgan fingerprint density at radius 3 is 2.39 bits per heavy atom. The third-order valence-corrected chi connectivity index (χ3v) is 6.30. The second-order valence-electron chi connectivity index (χ2n) is 8.66. The smallest absolute Gasteiger partial charge is 0.414 e. The predicted octanol–water partition coefficient (Wildman–Crippen LogP) is 5.60. The van der Waals surface area contributed by atoms with Crippen LogP contribution in [0.4, 0.5) is 20.6 Å². The average molecular weight is 512 g/mol. The molecule has 0 spiro atoms. The number of nitrogens with zero attached hydrogens (tertiary/aromatic N) is 2. The number of cyclic esters (lactones) is 1. The summed E-state index contributed by atoms with van der Waals surface area (Å²) in [4.78, 5) is 28.7. The van der Waals surface area contributed by atoms with Crippen LogP contribution in [-0.2, 0) is 16.1 Å². The fraction of sp³-hybridized carbons (Fsp3) is 0.259. The van der Waals surface area contributed by atoms with Gasteiger partial charge in [0.15, 0.2) is 0 Å². The first-order chi connectivity index (χ1) is 17.1. The number of piperidine rings is 1. The molecule has 0 aromatic heterocycles. The van der Waals surface area contributed by atoms with E-state index < -0.39 is 6.09 Å². The maximum absolute atomic E-state index is 14.2. The molecule has 3 aromatic carbocycles. The zero-order valence-corrected chi connectivity index (χ0v) is 20.4. The standard InChI is InChI=1S/C27H26FN3O4.ClH/c28-24-7-4-8-25-23(24)18-34-27(33)31(25)20-13-15-30(16-14-20)17-26(32)29-19-9-11-22(12-10-19)35-21-5-2-1-3-6-21;/h1-12,20H,13-18H2,(H,29,32);1H. The molecule has 9 heteroatoms. The largest absolute Gasteiger partial charge is 0.457 e. The van der Waals surface area contributed by atoms with Crippen LogP contribution in [0.3, 0.4) is 0 Å². The number of benzene rings is 3. The molecule has 1 fully saturated rings. The first kappa shape index (κ1) is 25.5. The Hall–Kier alpha value is -3.62. The number of carbonyl (C=O) groups excluding carboxylic acids is 2. The summed E-state index contributed by atoms with van der Waals surface area (Å²) in [5.41, 5.74) is 1.69. The number of likely N-dealkylation sites (tertiary alicyclic amines) is 1. The van der Waals surface area contributed by atoms with Crippen LogP contribution in [0.25, 0.3) is 0 Å². The van der Waals surface area contributed by atoms with Crippen molar-refractivity contribution >= 4 is 35.8 Å². The van der Waals surface area contributed by atoms with Crippen molar-refractivity contribution in [2.45, 2.75) is 25.5 Å². The minimum absolute atomic E-state index is 0. The number of halogens is 2. The van der Waals surface area contributed by atoms with Crippen molar-refractivity contribution in [1.29, 1.82) is 0 Å². The minimum atomic E-state index is -0.445. The van der Waals surface area contributed by atoms with Gasteiger partial charge in [-0.2, -0.15) is 0 Å². The zero-order valence-electron chi connectivity index (χ0n) is 19.6. The van der Waals surface area contributed by atoms with Crippen molar-refractivity contribution in [1.82, 2.24) is 4.90 Å². The quantitative estimate of drug-likeness (QED) is 0.466. The molecule has 3 aromatic rings. The molecule has 1 N–H and O–H groups in total. The number of fused-ring (bicyclic) bond motifs is 1. The van der Waals surface area contributed by atoms with E-state index in [-0.39, 0.29) is 43.3 Å². The molecule has 0 bridgehead atoms. The lowest BCUT2D eigenvalue weighted by Crippen LogP contribution is -2.50. The number of ether oxygens (including phenoxy) is 2. The van der Waals surface area contributed by atoms with Crippen LogP contribution in [0.15, 0.2) is 72.8 Å². The van der Waals surface area contributed by atoms with Crippen LogP contribution in [0.5, 0.6) is 11.5 Å². The minimum Gasteiger partial charge on any atom is -0.457 e. The summed E-state index contributed by atoms with van der Waals surface area (Å²) < 4.78 is 25.2. The number of rotatable bonds is 6. The molecular weight excluding hydrogens is 485 g/mol. The number of carbonyl (C=O) groups is 2. The highest BCUT2D eigenvalue weighted by Gasteiger charge is 2.35. The van der Waals surface area contributed by atoms with Crippen molar-refractivity contribution in [2.75, 3.05) is 29.9 Å². The summed E-state index contributed by atoms with van der Waals surface area (Å²) >= 11 is 0. The number of amides is 2. The van der Waals surface area contributed by atoms with Gasteiger partial charge in [0, 0.05) is 30.4 Å². The molecule has 2 amide bonds. The predicted molar refractivity (Wildman–Crippen MR) is 137 cm³/mol. The van der Waals surface area contributed by atoms with E-state index in [9.17, 15) is 14.0 Å². The Morgan fingerprint density at radius 1 is 0.972 bits per heavy atom. The summed E-state index contributed by atoms with van der Waals surface area (Å²) in [5.74, 6) is 0.965. The number of hydrogen-bond acceptors (Lipinski definition) is 5. The molecular formula is C27H27ClFN3O4. The van der Waals surface area contributed by atoms with Crippen LogP contribution in [0, 0.1) is 5.82 Å². The Balaban J connectivity index is 0.00000304. The SMILES string of the molecule is Cl.O=C(CN1CCC(N2C(=O)OCc3c(F)cccc32)CC1)Nc1ccc(Oc2ccccc2)cc1. The summed E-state index contributed by atoms with van der Waals surface area (Å²) in [6, 6.07) is 21.4. The van der Waals surface area contributed by atoms with Gasteiger partial charge in [-0.3, -0.25) is 14.6 Å². The molecule has 2 heterocycles. The first-order valence-corrected chi connectivity index (χ1v) is 11.7. The summed E-state index contributed by atoms with van der Waals surface area (Å²) in [6.45, 7) is 1.51. The fourth-order valence-electron chi connectivity index (χ4n) is 4.53. The Kier molecular flexibility index (Phi) is 8.07. The van der Waals surface area contributed by atoms with E-state index >= 15 is 0 Å². The molecule has 0 unspecified atom stereocenters. The van der Waals surface area contributed by atoms with Crippen LogP contribution in [-0.4, -0.2) is 42.6 Å². The molecule has 2 aliphatic heterocycles. The van der Waals surface area contributed by atoms with Gasteiger partial charge in [0.1, 0.15) is 23.9 Å². The second kappa shape index (κ2) is 11.4. The van der Waals surface area contributed by atoms with Crippen molar-refractivity contribution in [2.24, 2.45) is 0 Å². The monoisotopic (exact) mass is 511 g/mol. The van der Waals surface area contributed by atoms with Gasteiger partial charge in [-0.15, -0.1) is 12.4 Å². The highest BCUT2D eigenvalue weighted by Crippen LogP contribution is 2.33. The molecule has 1 saturated heterocycles. The highest BCUT2D eigenvalue weighted by atomic mass is 35.5. The molecule has 0 radical (unpaired) electrons. The molecule has 0 atom stereocenters. The molecule has 7 nitrogen and oxygen atoms in total. The molecule has 0 aliphatic carbocycles. The van der Waals surface area contributed by atoms with Crippen LogP contribution in [0.1, 0.15) is 18.4 Å². The third-order valence-electron chi connectivity index (χ3n) is 6.30. The maximum Gasteiger partial charge on any atom is 0.414 e. The molecule has 5 rings (SSSR count). The molecule has 188 valence electrons. The molecule has 0 saturated carbocycles. The topological polar surface area (TPSA) is 71.1 Å². The Bertz CT molecular complexity index is 1200. The van der Waals surface area contributed by atoms with Gasteiger partial charge in [0.05, 0.1) is 12.2 Å². The summed E-state index contributed by atoms with van der Waals surface area (Å²) in [5, 5.41) is 2.92. The normalized spacial score (nSPS) is 15.9. The van der Waals surface area contributed by atoms with Gasteiger partial charge >= 0.3 is 6.09 Å². The Labute approximate surface area is 215 Å². The van der Waals surface area contributed by atoms with E-state index in [4.69, 9.17) is 9.47 Å². The van der Waals surface area contributed by atoms with Gasteiger partial charge < -0.3 is 14.8 Å². The van der Waals surface area contributed by atoms with E-state index in [1.54, 1.807) is 29.2 Å². The van der Waals surface area contributed by atoms with Crippen molar-refractivity contribution in [3.05, 3.63) is 84.2 Å². The molecule has 36 heavy (non-hydrogen) atoms. The van der Waals surface area contributed by atoms with Gasteiger partial charge in [0.25, 0.3) is 0 Å². The average Bonchev–Trinajstić information content (AvgIpc) is 2.87.